The molecule has 8 aliphatic rings. The van der Waals surface area contributed by atoms with Crippen molar-refractivity contribution >= 4 is 17.5 Å². The van der Waals surface area contributed by atoms with Gasteiger partial charge in [0.25, 0.3) is 0 Å². The van der Waals surface area contributed by atoms with E-state index < -0.39 is 0 Å². The summed E-state index contributed by atoms with van der Waals surface area (Å²) in [6, 6.07) is 32.0. The van der Waals surface area contributed by atoms with Crippen molar-refractivity contribution in [3.05, 3.63) is 134 Å². The Kier molecular flexibility index (Phi) is 24.6. The highest BCUT2D eigenvalue weighted by Crippen LogP contribution is 2.56. The summed E-state index contributed by atoms with van der Waals surface area (Å²) in [6.45, 7) is 18.4. The molecule has 111 heavy (non-hydrogen) atoms. The van der Waals surface area contributed by atoms with Gasteiger partial charge in [0, 0.05) is 141 Å². The van der Waals surface area contributed by atoms with Gasteiger partial charge in [-0.2, -0.15) is 15.3 Å². The van der Waals surface area contributed by atoms with E-state index in [1.54, 1.807) is 25.6 Å². The highest BCUT2D eigenvalue weighted by atomic mass is 16.7. The van der Waals surface area contributed by atoms with E-state index in [4.69, 9.17) is 29.2 Å². The van der Waals surface area contributed by atoms with Crippen LogP contribution in [0.4, 0.5) is 17.5 Å². The van der Waals surface area contributed by atoms with E-state index in [1.807, 2.05) is 70.4 Å². The number of ether oxygens (including phenoxy) is 4. The van der Waals surface area contributed by atoms with Gasteiger partial charge in [-0.05, 0) is 263 Å². The molecule has 12 heterocycles. The minimum atomic E-state index is 0. The fraction of sp³-hybridized carbons (Fsp3) is 0.557. The van der Waals surface area contributed by atoms with E-state index in [0.29, 0.717) is 46.0 Å². The monoisotopic (exact) mass is 1510 g/mol. The highest BCUT2D eigenvalue weighted by molar-refractivity contribution is 5.76. The number of methoxy groups -OCH3 is 1. The van der Waals surface area contributed by atoms with Gasteiger partial charge < -0.3 is 54.5 Å². The van der Waals surface area contributed by atoms with Crippen molar-refractivity contribution in [2.45, 2.75) is 250 Å². The van der Waals surface area contributed by atoms with Crippen LogP contribution in [0, 0.1) is 17.8 Å². The molecule has 6 aliphatic heterocycles. The number of aryl methyl sites for hydroxylation is 1. The molecule has 0 spiro atoms. The number of H-pyrrole nitrogens is 1. The molecule has 17 rings (SSSR count). The smallest absolute Gasteiger partial charge is 0.188 e. The molecule has 6 aromatic heterocycles. The van der Waals surface area contributed by atoms with Crippen molar-refractivity contribution in [2.75, 3.05) is 70.1 Å². The normalized spacial score (nSPS) is 27.9. The Bertz CT molecular complexity index is 4470. The van der Waals surface area contributed by atoms with Crippen LogP contribution < -0.4 is 30.1 Å². The zero-order valence-corrected chi connectivity index (χ0v) is 67.0. The number of aliphatic hydroxyl groups excluding tert-OH is 1. The molecular formula is C88H121N17O6. The third kappa shape index (κ3) is 18.3. The van der Waals surface area contributed by atoms with Gasteiger partial charge in [0.2, 0.25) is 0 Å². The molecule has 2 aliphatic carbocycles. The number of anilines is 3. The van der Waals surface area contributed by atoms with E-state index in [-0.39, 0.29) is 54.6 Å². The molecule has 6 bridgehead atoms. The second-order valence-corrected chi connectivity index (χ2v) is 34.8. The Labute approximate surface area is 657 Å². The molecule has 5 N–H and O–H groups in total. The second kappa shape index (κ2) is 33.9. The second-order valence-electron chi connectivity index (χ2n) is 34.8. The lowest BCUT2D eigenvalue weighted by Crippen LogP contribution is -2.66. The number of fused-ring (bicyclic) bond motifs is 6. The third-order valence-electron chi connectivity index (χ3n) is 25.4. The number of benzene rings is 3. The standard InChI is InChI=1S/C31H42N6O3.C31H41N5O.C24H30N6O.CH4O.CH4/c1-30-13-7-14-31(2,35-30)18-24(17-30)36(3)28-12-11-26(33-34-28)25-10-9-22(16-27(25)40-21-38-4)23-19-32-37(20-23)29-8-5-6-15-39-29;1-22-16-23(24-19-32-36(20-24)29-8-5-6-15-37-29)9-10-26(22)27-11-12-28(34-33-27)35(4)25-17-30(2)13-7-14-31(3,18-25)21-30;1-23-9-4-10-24(2,29-23)13-18(12-23)30(3)22-8-7-20(27-28-22)19-6-5-16(11-21(19)31)17-14-25-26-15-17;1-2;/h9-12,16,19-20,24,29,35H,5-8,13-15,17-18,21H2,1-4H3;9-12,16,19-20,25,29H,5-8,13-15,17-18,21H2,1-4H3;5-8,11,14-15,18,29,31H,4,9-10,12-13H2,1-3H3,(H,25,26);2H,1H3;1H4/t24?,29?,30-,31+;25?,29?,30-,31+;18?,23-,24+;;. The molecule has 9 aromatic rings. The Hall–Kier alpha value is -8.71. The quantitative estimate of drug-likeness (QED) is 0.0531. The zero-order valence-electron chi connectivity index (χ0n) is 67.0. The maximum atomic E-state index is 10.6. The summed E-state index contributed by atoms with van der Waals surface area (Å²) in [6.07, 6.45) is 38.2. The van der Waals surface area contributed by atoms with Crippen molar-refractivity contribution in [1.82, 2.24) is 71.0 Å². The van der Waals surface area contributed by atoms with Crippen molar-refractivity contribution in [1.29, 1.82) is 0 Å². The van der Waals surface area contributed by atoms with Crippen LogP contribution >= 0.6 is 0 Å². The maximum absolute atomic E-state index is 10.6. The third-order valence-corrected chi connectivity index (χ3v) is 25.4. The number of aromatic amines is 1. The average Bonchev–Trinajstić information content (AvgIpc) is 1.32. The van der Waals surface area contributed by atoms with Crippen molar-refractivity contribution in [2.24, 2.45) is 10.8 Å². The molecule has 5 unspecified atom stereocenters. The van der Waals surface area contributed by atoms with Crippen LogP contribution in [0.15, 0.2) is 128 Å². The van der Waals surface area contributed by atoms with Crippen LogP contribution in [-0.2, 0) is 14.2 Å². The Morgan fingerprint density at radius 3 is 1.34 bits per heavy atom. The van der Waals surface area contributed by atoms with Crippen molar-refractivity contribution < 1.29 is 29.2 Å². The first-order valence-electron chi connectivity index (χ1n) is 40.3. The first-order chi connectivity index (χ1) is 53.0. The van der Waals surface area contributed by atoms with E-state index in [0.717, 1.165) is 151 Å². The van der Waals surface area contributed by atoms with Gasteiger partial charge in [0.1, 0.15) is 24.0 Å². The molecule has 23 heteroatoms. The minimum Gasteiger partial charge on any atom is -0.507 e. The van der Waals surface area contributed by atoms with Crippen LogP contribution in [0.2, 0.25) is 0 Å². The van der Waals surface area contributed by atoms with Gasteiger partial charge in [0.15, 0.2) is 24.2 Å². The largest absolute Gasteiger partial charge is 0.507 e. The fourth-order valence-corrected chi connectivity index (χ4v) is 20.1. The summed E-state index contributed by atoms with van der Waals surface area (Å²) in [5, 5.41) is 68.9. The zero-order chi connectivity index (χ0) is 77.0. The Balaban J connectivity index is 0.000000145. The summed E-state index contributed by atoms with van der Waals surface area (Å²) in [5.41, 5.74) is 14.1. The lowest BCUT2D eigenvalue weighted by Gasteiger charge is -2.55. The van der Waals surface area contributed by atoms with Gasteiger partial charge in [-0.15, -0.1) is 30.6 Å². The van der Waals surface area contributed by atoms with Gasteiger partial charge in [0.05, 0.1) is 35.7 Å². The van der Waals surface area contributed by atoms with Gasteiger partial charge >= 0.3 is 0 Å². The molecule has 2 saturated carbocycles. The Morgan fingerprint density at radius 1 is 0.486 bits per heavy atom. The van der Waals surface area contributed by atoms with Crippen LogP contribution in [0.25, 0.3) is 67.2 Å². The summed E-state index contributed by atoms with van der Waals surface area (Å²) in [7, 11) is 9.11. The van der Waals surface area contributed by atoms with Crippen LogP contribution in [0.5, 0.6) is 11.5 Å². The van der Waals surface area contributed by atoms with E-state index in [1.165, 1.54) is 89.0 Å². The number of aliphatic hydroxyl groups is 1. The summed E-state index contributed by atoms with van der Waals surface area (Å²) in [4.78, 5) is 6.99. The van der Waals surface area contributed by atoms with E-state index in [2.05, 4.69) is 189 Å². The van der Waals surface area contributed by atoms with E-state index in [9.17, 15) is 5.11 Å². The number of nitrogens with zero attached hydrogens (tertiary/aromatic N) is 14. The molecule has 0 radical (unpaired) electrons. The maximum Gasteiger partial charge on any atom is 0.188 e. The molecule has 23 nitrogen and oxygen atoms in total. The summed E-state index contributed by atoms with van der Waals surface area (Å²) >= 11 is 0. The number of hydrogen-bond donors (Lipinski definition) is 5. The predicted molar refractivity (Wildman–Crippen MR) is 440 cm³/mol. The van der Waals surface area contributed by atoms with Crippen molar-refractivity contribution in [3.8, 4) is 78.7 Å². The number of nitrogens with one attached hydrogen (secondary N) is 3. The van der Waals surface area contributed by atoms with E-state index >= 15 is 0 Å². The van der Waals surface area contributed by atoms with Crippen LogP contribution in [0.1, 0.15) is 208 Å². The highest BCUT2D eigenvalue weighted by Gasteiger charge is 2.50. The molecule has 6 saturated heterocycles. The van der Waals surface area contributed by atoms with Gasteiger partial charge in [-0.3, -0.25) is 5.10 Å². The Morgan fingerprint density at radius 2 is 0.919 bits per heavy atom. The number of hydrogen-bond acceptors (Lipinski definition) is 20. The molecule has 8 fully saturated rings. The van der Waals surface area contributed by atoms with Crippen LogP contribution in [-0.4, -0.2) is 166 Å². The molecule has 3 aromatic carbocycles. The first-order valence-corrected chi connectivity index (χ1v) is 40.3. The summed E-state index contributed by atoms with van der Waals surface area (Å²) in [5.74, 6) is 3.63. The number of phenolic OH excluding ortho intramolecular Hbond substituents is 1. The topological polar surface area (TPSA) is 253 Å². The SMILES string of the molecule is C.CN(c1ccc(-c2ccc(-c3cn[nH]c3)cc2O)nn1)C1C[C@]2(C)CCC[C@](C)(C1)N2.CO.COCOc1cc(-c2cnn(C3CCCCO3)c2)ccc1-c1ccc(N(C)C2C[C@]3(C)CCC[C@](C)(C2)N3)nn1.Cc1cc(-c2cnn(C3CCCCO3)c2)ccc1-c1ccc(N(C)C2C[C@]3(C)CCC[C@](C)(C2)C3)nn1. The first kappa shape index (κ1) is 80.3. The average molecular weight is 1510 g/mol. The lowest BCUT2D eigenvalue weighted by atomic mass is 9.55. The molecule has 11 atom stereocenters. The minimum absolute atomic E-state index is 0. The number of aromatic hydroxyl groups is 1. The van der Waals surface area contributed by atoms with Gasteiger partial charge in [-0.1, -0.05) is 58.0 Å². The molecular weight excluding hydrogens is 1390 g/mol. The number of rotatable bonds is 17. The van der Waals surface area contributed by atoms with Crippen molar-refractivity contribution in [3.63, 3.8) is 0 Å². The molecule has 594 valence electrons. The molecule has 0 amide bonds. The summed E-state index contributed by atoms with van der Waals surface area (Å²) < 4.78 is 26.9. The van der Waals surface area contributed by atoms with Gasteiger partial charge in [-0.25, -0.2) is 9.36 Å². The van der Waals surface area contributed by atoms with Crippen LogP contribution in [0.3, 0.4) is 0 Å². The number of piperidine rings is 4. The lowest BCUT2D eigenvalue weighted by molar-refractivity contribution is -0.0395. The number of phenols is 1. The number of aromatic nitrogens is 12. The predicted octanol–water partition coefficient (Wildman–Crippen LogP) is 17.2. The fourth-order valence-electron chi connectivity index (χ4n) is 20.1.